The highest BCUT2D eigenvalue weighted by Crippen LogP contribution is 2.19. The Bertz CT molecular complexity index is 909. The van der Waals surface area contributed by atoms with Crippen molar-refractivity contribution in [1.29, 1.82) is 0 Å². The van der Waals surface area contributed by atoms with Crippen LogP contribution < -0.4 is 0 Å². The Labute approximate surface area is 159 Å². The van der Waals surface area contributed by atoms with Gasteiger partial charge in [0.15, 0.2) is 0 Å². The summed E-state index contributed by atoms with van der Waals surface area (Å²) in [5.41, 5.74) is 2.36. The van der Waals surface area contributed by atoms with Crippen molar-refractivity contribution in [2.45, 2.75) is 6.54 Å². The van der Waals surface area contributed by atoms with Gasteiger partial charge in [-0.1, -0.05) is 72.3 Å². The van der Waals surface area contributed by atoms with Gasteiger partial charge in [0, 0.05) is 43.3 Å². The minimum atomic E-state index is 0.851. The average Bonchev–Trinajstić information content (AvgIpc) is 2.69. The predicted octanol–water partition coefficient (Wildman–Crippen LogP) is 4.64. The van der Waals surface area contributed by atoms with Crippen molar-refractivity contribution in [2.75, 3.05) is 26.2 Å². The molecule has 3 nitrogen and oxygen atoms in total. The van der Waals surface area contributed by atoms with E-state index in [1.54, 1.807) is 0 Å². The van der Waals surface area contributed by atoms with Gasteiger partial charge in [-0.05, 0) is 22.4 Å². The summed E-state index contributed by atoms with van der Waals surface area (Å²) >= 11 is 6.28. The van der Waals surface area contributed by atoms with Crippen LogP contribution in [0.3, 0.4) is 0 Å². The maximum Gasteiger partial charge on any atom is 0.0549 e. The average molecular weight is 364 g/mol. The summed E-state index contributed by atoms with van der Waals surface area (Å²) in [7, 11) is 0. The Kier molecular flexibility index (Phi) is 5.19. The number of halogens is 1. The van der Waals surface area contributed by atoms with Gasteiger partial charge in [-0.3, -0.25) is 9.91 Å². The van der Waals surface area contributed by atoms with Crippen LogP contribution in [-0.2, 0) is 6.54 Å². The van der Waals surface area contributed by atoms with Gasteiger partial charge in [0.1, 0.15) is 0 Å². The summed E-state index contributed by atoms with van der Waals surface area (Å²) in [6.45, 7) is 4.77. The van der Waals surface area contributed by atoms with Crippen molar-refractivity contribution in [3.8, 4) is 0 Å². The molecule has 0 bridgehead atoms. The van der Waals surface area contributed by atoms with Crippen molar-refractivity contribution in [1.82, 2.24) is 9.91 Å². The Balaban J connectivity index is 1.38. The molecule has 132 valence electrons. The lowest BCUT2D eigenvalue weighted by Gasteiger charge is -2.33. The first-order valence-electron chi connectivity index (χ1n) is 9.02. The number of piperazine rings is 1. The van der Waals surface area contributed by atoms with Gasteiger partial charge in [-0.2, -0.15) is 5.10 Å². The second kappa shape index (κ2) is 7.90. The molecule has 0 spiro atoms. The molecule has 0 amide bonds. The molecule has 1 saturated heterocycles. The van der Waals surface area contributed by atoms with Gasteiger partial charge in [0.25, 0.3) is 0 Å². The smallest absolute Gasteiger partial charge is 0.0549 e. The molecule has 3 aromatic carbocycles. The van der Waals surface area contributed by atoms with E-state index in [0.717, 1.165) is 37.7 Å². The first kappa shape index (κ1) is 17.1. The number of rotatable bonds is 4. The largest absolute Gasteiger partial charge is 0.295 e. The van der Waals surface area contributed by atoms with Crippen molar-refractivity contribution in [3.05, 3.63) is 82.9 Å². The zero-order valence-corrected chi connectivity index (χ0v) is 15.4. The first-order chi connectivity index (χ1) is 12.8. The van der Waals surface area contributed by atoms with Crippen LogP contribution in [0, 0.1) is 0 Å². The molecule has 1 heterocycles. The van der Waals surface area contributed by atoms with Crippen LogP contribution in [0.5, 0.6) is 0 Å². The molecule has 0 aromatic heterocycles. The second-order valence-electron chi connectivity index (χ2n) is 6.63. The van der Waals surface area contributed by atoms with E-state index in [1.165, 1.54) is 21.9 Å². The lowest BCUT2D eigenvalue weighted by molar-refractivity contribution is 0.131. The van der Waals surface area contributed by atoms with Crippen LogP contribution in [0.4, 0.5) is 0 Å². The van der Waals surface area contributed by atoms with E-state index in [9.17, 15) is 0 Å². The third kappa shape index (κ3) is 3.90. The monoisotopic (exact) mass is 363 g/mol. The molecular weight excluding hydrogens is 342 g/mol. The highest BCUT2D eigenvalue weighted by Gasteiger charge is 2.16. The van der Waals surface area contributed by atoms with Gasteiger partial charge in [-0.15, -0.1) is 0 Å². The van der Waals surface area contributed by atoms with Crippen LogP contribution in [0.1, 0.15) is 11.1 Å². The van der Waals surface area contributed by atoms with E-state index >= 15 is 0 Å². The Hall–Kier alpha value is -2.36. The summed E-state index contributed by atoms with van der Waals surface area (Å²) in [4.78, 5) is 2.44. The van der Waals surface area contributed by atoms with Crippen LogP contribution in [0.2, 0.25) is 5.02 Å². The van der Waals surface area contributed by atoms with Crippen LogP contribution in [0.25, 0.3) is 10.8 Å². The van der Waals surface area contributed by atoms with E-state index < -0.39 is 0 Å². The molecule has 4 rings (SSSR count). The van der Waals surface area contributed by atoms with Gasteiger partial charge < -0.3 is 0 Å². The van der Waals surface area contributed by atoms with Crippen LogP contribution in [0.15, 0.2) is 71.8 Å². The molecule has 0 radical (unpaired) electrons. The maximum absolute atomic E-state index is 6.28. The van der Waals surface area contributed by atoms with Gasteiger partial charge >= 0.3 is 0 Å². The summed E-state index contributed by atoms with van der Waals surface area (Å²) in [6, 6.07) is 22.9. The fourth-order valence-electron chi connectivity index (χ4n) is 3.39. The van der Waals surface area contributed by atoms with E-state index in [0.29, 0.717) is 0 Å². The molecule has 1 aliphatic rings. The van der Waals surface area contributed by atoms with E-state index in [2.05, 4.69) is 58.4 Å². The number of benzene rings is 3. The Morgan fingerprint density at radius 3 is 2.42 bits per heavy atom. The fraction of sp³-hybridized carbons (Fsp3) is 0.227. The topological polar surface area (TPSA) is 18.8 Å². The molecular formula is C22H22ClN3. The molecule has 1 fully saturated rings. The highest BCUT2D eigenvalue weighted by molar-refractivity contribution is 6.31. The molecule has 0 unspecified atom stereocenters. The molecule has 1 aliphatic heterocycles. The van der Waals surface area contributed by atoms with Crippen molar-refractivity contribution in [3.63, 3.8) is 0 Å². The third-order valence-corrected chi connectivity index (χ3v) is 5.25. The molecule has 3 aromatic rings. The standard InChI is InChI=1S/C22H22ClN3/c23-22-11-4-2-7-20(22)17-25-12-14-26(15-13-25)24-16-19-9-5-8-18-6-1-3-10-21(18)19/h1-11,16H,12-15,17H2. The Morgan fingerprint density at radius 1 is 0.846 bits per heavy atom. The predicted molar refractivity (Wildman–Crippen MR) is 110 cm³/mol. The van der Waals surface area contributed by atoms with Gasteiger partial charge in [0.05, 0.1) is 6.21 Å². The maximum atomic E-state index is 6.28. The summed E-state index contributed by atoms with van der Waals surface area (Å²) in [6.07, 6.45) is 1.99. The summed E-state index contributed by atoms with van der Waals surface area (Å²) in [5, 5.41) is 10.2. The normalized spacial score (nSPS) is 15.8. The first-order valence-corrected chi connectivity index (χ1v) is 9.40. The number of hydrogen-bond donors (Lipinski definition) is 0. The zero-order chi connectivity index (χ0) is 17.8. The quantitative estimate of drug-likeness (QED) is 0.628. The molecule has 0 N–H and O–H groups in total. The van der Waals surface area contributed by atoms with Crippen molar-refractivity contribution >= 4 is 28.6 Å². The molecule has 0 aliphatic carbocycles. The highest BCUT2D eigenvalue weighted by atomic mass is 35.5. The molecule has 0 atom stereocenters. The van der Waals surface area contributed by atoms with Gasteiger partial charge in [0.2, 0.25) is 0 Å². The lowest BCUT2D eigenvalue weighted by atomic mass is 10.1. The minimum Gasteiger partial charge on any atom is -0.295 e. The molecule has 26 heavy (non-hydrogen) atoms. The van der Waals surface area contributed by atoms with E-state index in [4.69, 9.17) is 16.7 Å². The number of hydrogen-bond acceptors (Lipinski definition) is 3. The Morgan fingerprint density at radius 2 is 1.58 bits per heavy atom. The van der Waals surface area contributed by atoms with E-state index in [-0.39, 0.29) is 0 Å². The SMILES string of the molecule is Clc1ccccc1CN1CCN(N=Cc2cccc3ccccc23)CC1. The summed E-state index contributed by atoms with van der Waals surface area (Å²) in [5.74, 6) is 0. The van der Waals surface area contributed by atoms with Crippen molar-refractivity contribution < 1.29 is 0 Å². The zero-order valence-electron chi connectivity index (χ0n) is 14.7. The number of hydrazone groups is 1. The number of nitrogens with zero attached hydrogens (tertiary/aromatic N) is 3. The van der Waals surface area contributed by atoms with Crippen LogP contribution in [-0.4, -0.2) is 42.3 Å². The molecule has 4 heteroatoms. The van der Waals surface area contributed by atoms with Crippen molar-refractivity contribution in [2.24, 2.45) is 5.10 Å². The van der Waals surface area contributed by atoms with E-state index in [1.807, 2.05) is 24.4 Å². The fourth-order valence-corrected chi connectivity index (χ4v) is 3.58. The number of fused-ring (bicyclic) bond motifs is 1. The van der Waals surface area contributed by atoms with Gasteiger partial charge in [-0.25, -0.2) is 0 Å². The minimum absolute atomic E-state index is 0.851. The third-order valence-electron chi connectivity index (χ3n) is 4.88. The second-order valence-corrected chi connectivity index (χ2v) is 7.04. The van der Waals surface area contributed by atoms with Crippen LogP contribution >= 0.6 is 11.6 Å². The lowest BCUT2D eigenvalue weighted by Crippen LogP contribution is -2.43. The molecule has 0 saturated carbocycles. The summed E-state index contributed by atoms with van der Waals surface area (Å²) < 4.78 is 0.